The Hall–Kier alpha value is -0.220. The number of amides is 1. The molecule has 1 fully saturated rings. The smallest absolute Gasteiger partial charge is 0.235 e. The number of thiol groups is 1. The Morgan fingerprint density at radius 2 is 2.38 bits per heavy atom. The third kappa shape index (κ3) is 2.61. The van der Waals surface area contributed by atoms with Gasteiger partial charge in [0, 0.05) is 6.54 Å². The molecule has 1 amide bonds. The third-order valence-electron chi connectivity index (χ3n) is 2.48. The Morgan fingerprint density at radius 3 is 2.92 bits per heavy atom. The molecule has 13 heavy (non-hydrogen) atoms. The molecule has 0 aliphatic carbocycles. The number of hydrogen-bond acceptors (Lipinski definition) is 3. The average molecular weight is 203 g/mol. The number of carbonyl (C=O) groups is 1. The van der Waals surface area contributed by atoms with Crippen LogP contribution < -0.4 is 0 Å². The lowest BCUT2D eigenvalue weighted by Crippen LogP contribution is -2.48. The van der Waals surface area contributed by atoms with Gasteiger partial charge in [-0.15, -0.1) is 0 Å². The summed E-state index contributed by atoms with van der Waals surface area (Å²) in [4.78, 5) is 13.4. The molecule has 76 valence electrons. The number of carbonyl (C=O) groups excluding carboxylic acids is 1. The molecule has 2 unspecified atom stereocenters. The van der Waals surface area contributed by atoms with Gasteiger partial charge < -0.3 is 10.0 Å². The van der Waals surface area contributed by atoms with E-state index in [1.807, 2.05) is 0 Å². The summed E-state index contributed by atoms with van der Waals surface area (Å²) in [5.41, 5.74) is 0. The zero-order valence-corrected chi connectivity index (χ0v) is 8.83. The van der Waals surface area contributed by atoms with Crippen molar-refractivity contribution in [1.29, 1.82) is 0 Å². The summed E-state index contributed by atoms with van der Waals surface area (Å²) >= 11 is 4.11. The van der Waals surface area contributed by atoms with E-state index in [0.29, 0.717) is 0 Å². The Morgan fingerprint density at radius 1 is 1.69 bits per heavy atom. The number of likely N-dealkylation sites (tertiary alicyclic amines) is 1. The summed E-state index contributed by atoms with van der Waals surface area (Å²) in [5, 5.41) is 8.82. The van der Waals surface area contributed by atoms with Crippen LogP contribution in [0.3, 0.4) is 0 Å². The van der Waals surface area contributed by atoms with Gasteiger partial charge in [-0.1, -0.05) is 0 Å². The Balaban J connectivity index is 2.58. The van der Waals surface area contributed by atoms with Gasteiger partial charge in [0.15, 0.2) is 0 Å². The van der Waals surface area contributed by atoms with Crippen molar-refractivity contribution in [1.82, 2.24) is 4.90 Å². The van der Waals surface area contributed by atoms with Crippen molar-refractivity contribution < 1.29 is 9.90 Å². The summed E-state index contributed by atoms with van der Waals surface area (Å²) < 4.78 is 0. The second-order valence-electron chi connectivity index (χ2n) is 3.54. The molecule has 0 aromatic heterocycles. The van der Waals surface area contributed by atoms with E-state index in [4.69, 9.17) is 5.11 Å². The number of piperidine rings is 1. The molecule has 0 bridgehead atoms. The van der Waals surface area contributed by atoms with Gasteiger partial charge in [-0.2, -0.15) is 12.6 Å². The highest BCUT2D eigenvalue weighted by Crippen LogP contribution is 2.18. The maximum Gasteiger partial charge on any atom is 0.235 e. The van der Waals surface area contributed by atoms with Crippen LogP contribution in [0.5, 0.6) is 0 Å². The molecular weight excluding hydrogens is 186 g/mol. The number of aliphatic hydroxyl groups is 1. The fourth-order valence-electron chi connectivity index (χ4n) is 1.72. The van der Waals surface area contributed by atoms with Crippen LogP contribution in [0.15, 0.2) is 0 Å². The molecular formula is C9H17NO2S. The van der Waals surface area contributed by atoms with Gasteiger partial charge in [-0.05, 0) is 26.2 Å². The normalized spacial score (nSPS) is 25.8. The van der Waals surface area contributed by atoms with Crippen molar-refractivity contribution in [3.05, 3.63) is 0 Å². The van der Waals surface area contributed by atoms with Gasteiger partial charge in [0.1, 0.15) is 0 Å². The number of nitrogens with zero attached hydrogens (tertiary/aromatic N) is 1. The van der Waals surface area contributed by atoms with Crippen LogP contribution in [0.2, 0.25) is 0 Å². The van der Waals surface area contributed by atoms with Gasteiger partial charge in [-0.3, -0.25) is 4.79 Å². The first-order chi connectivity index (χ1) is 6.16. The van der Waals surface area contributed by atoms with Gasteiger partial charge in [-0.25, -0.2) is 0 Å². The number of aliphatic hydroxyl groups excluding tert-OH is 1. The van der Waals surface area contributed by atoms with Gasteiger partial charge in [0.25, 0.3) is 0 Å². The van der Waals surface area contributed by atoms with Crippen LogP contribution in [0.4, 0.5) is 0 Å². The van der Waals surface area contributed by atoms with Gasteiger partial charge in [0.05, 0.1) is 17.9 Å². The van der Waals surface area contributed by atoms with Crippen LogP contribution >= 0.6 is 12.6 Å². The topological polar surface area (TPSA) is 40.5 Å². The molecule has 1 aliphatic heterocycles. The van der Waals surface area contributed by atoms with Crippen molar-refractivity contribution in [2.45, 2.75) is 37.5 Å². The molecule has 2 atom stereocenters. The molecule has 1 aliphatic rings. The largest absolute Gasteiger partial charge is 0.394 e. The maximum absolute atomic E-state index is 11.6. The summed E-state index contributed by atoms with van der Waals surface area (Å²) in [6, 6.07) is 0.0239. The van der Waals surface area contributed by atoms with E-state index < -0.39 is 0 Å². The van der Waals surface area contributed by atoms with E-state index in [1.165, 1.54) is 0 Å². The standard InChI is InChI=1S/C9H17NO2S/c1-7(13)9(12)10-5-3-2-4-8(10)6-11/h7-8,11,13H,2-6H2,1H3. The Labute approximate surface area is 84.5 Å². The van der Waals surface area contributed by atoms with Crippen molar-refractivity contribution in [3.8, 4) is 0 Å². The van der Waals surface area contributed by atoms with Crippen molar-refractivity contribution in [3.63, 3.8) is 0 Å². The summed E-state index contributed by atoms with van der Waals surface area (Å²) in [7, 11) is 0. The molecule has 0 aromatic carbocycles. The van der Waals surface area contributed by atoms with E-state index in [9.17, 15) is 4.79 Å². The first-order valence-corrected chi connectivity index (χ1v) is 5.28. The highest BCUT2D eigenvalue weighted by Gasteiger charge is 2.27. The van der Waals surface area contributed by atoms with Crippen molar-refractivity contribution in [2.24, 2.45) is 0 Å². The molecule has 3 nitrogen and oxygen atoms in total. The summed E-state index contributed by atoms with van der Waals surface area (Å²) in [6.45, 7) is 2.62. The van der Waals surface area contributed by atoms with Crippen LogP contribution in [0, 0.1) is 0 Å². The third-order valence-corrected chi connectivity index (χ3v) is 2.70. The highest BCUT2D eigenvalue weighted by molar-refractivity contribution is 7.81. The fraction of sp³-hybridized carbons (Fsp3) is 0.889. The predicted molar refractivity (Wildman–Crippen MR) is 54.9 cm³/mol. The minimum absolute atomic E-state index is 0.0239. The SMILES string of the molecule is CC(S)C(=O)N1CCCCC1CO. The molecule has 1 rings (SSSR count). The van der Waals surface area contributed by atoms with E-state index in [0.717, 1.165) is 25.8 Å². The van der Waals surface area contributed by atoms with E-state index in [2.05, 4.69) is 12.6 Å². The first-order valence-electron chi connectivity index (χ1n) is 4.76. The quantitative estimate of drug-likeness (QED) is 0.648. The zero-order chi connectivity index (χ0) is 9.84. The zero-order valence-electron chi connectivity index (χ0n) is 7.94. The first kappa shape index (κ1) is 10.9. The average Bonchev–Trinajstić information content (AvgIpc) is 2.16. The van der Waals surface area contributed by atoms with Crippen LogP contribution in [-0.2, 0) is 4.79 Å². The molecule has 1 N–H and O–H groups in total. The van der Waals surface area contributed by atoms with E-state index in [-0.39, 0.29) is 23.8 Å². The number of rotatable bonds is 2. The molecule has 0 radical (unpaired) electrons. The van der Waals surface area contributed by atoms with E-state index >= 15 is 0 Å². The van der Waals surface area contributed by atoms with Gasteiger partial charge >= 0.3 is 0 Å². The lowest BCUT2D eigenvalue weighted by molar-refractivity contribution is -0.134. The molecule has 1 heterocycles. The van der Waals surface area contributed by atoms with Crippen LogP contribution in [0.25, 0.3) is 0 Å². The van der Waals surface area contributed by atoms with Crippen LogP contribution in [0.1, 0.15) is 26.2 Å². The van der Waals surface area contributed by atoms with Crippen LogP contribution in [-0.4, -0.2) is 40.4 Å². The molecule has 0 saturated carbocycles. The molecule has 0 spiro atoms. The second-order valence-corrected chi connectivity index (χ2v) is 4.31. The molecule has 4 heteroatoms. The summed E-state index contributed by atoms with van der Waals surface area (Å²) in [6.07, 6.45) is 3.07. The predicted octanol–water partition coefficient (Wildman–Crippen LogP) is 0.678. The minimum atomic E-state index is -0.257. The lowest BCUT2D eigenvalue weighted by atomic mass is 10.0. The fourth-order valence-corrected chi connectivity index (χ4v) is 1.87. The van der Waals surface area contributed by atoms with Crippen molar-refractivity contribution in [2.75, 3.05) is 13.2 Å². The molecule has 0 aromatic rings. The van der Waals surface area contributed by atoms with E-state index in [1.54, 1.807) is 11.8 Å². The van der Waals surface area contributed by atoms with Crippen molar-refractivity contribution >= 4 is 18.5 Å². The second kappa shape index (κ2) is 4.86. The van der Waals surface area contributed by atoms with Gasteiger partial charge in [0.2, 0.25) is 5.91 Å². The lowest BCUT2D eigenvalue weighted by Gasteiger charge is -2.35. The maximum atomic E-state index is 11.6. The highest BCUT2D eigenvalue weighted by atomic mass is 32.1. The minimum Gasteiger partial charge on any atom is -0.394 e. The number of hydrogen-bond donors (Lipinski definition) is 2. The Bertz CT molecular complexity index is 184. The Kier molecular flexibility index (Phi) is 4.06. The monoisotopic (exact) mass is 203 g/mol. The summed E-state index contributed by atoms with van der Waals surface area (Å²) in [5.74, 6) is 0.0436. The molecule has 1 saturated heterocycles.